The number of rotatable bonds is 2. The first-order valence-electron chi connectivity index (χ1n) is 4.67. The van der Waals surface area contributed by atoms with Crippen molar-refractivity contribution in [2.45, 2.75) is 0 Å². The van der Waals surface area contributed by atoms with Gasteiger partial charge in [0.2, 0.25) is 0 Å². The summed E-state index contributed by atoms with van der Waals surface area (Å²) in [4.78, 5) is 8.11. The SMILES string of the molecule is CNc1ccnc(-c2ccc(F)c(F)c2)n1. The zero-order valence-corrected chi connectivity index (χ0v) is 8.54. The Labute approximate surface area is 91.2 Å². The monoisotopic (exact) mass is 221 g/mol. The Bertz CT molecular complexity index is 514. The predicted molar refractivity (Wildman–Crippen MR) is 56.9 cm³/mol. The number of aromatic nitrogens is 2. The van der Waals surface area contributed by atoms with Crippen LogP contribution in [0.3, 0.4) is 0 Å². The first kappa shape index (κ1) is 10.5. The fraction of sp³-hybridized carbons (Fsp3) is 0.0909. The van der Waals surface area contributed by atoms with Crippen molar-refractivity contribution in [2.24, 2.45) is 0 Å². The Morgan fingerprint density at radius 3 is 2.62 bits per heavy atom. The molecule has 1 aromatic carbocycles. The van der Waals surface area contributed by atoms with Crippen LogP contribution in [0.5, 0.6) is 0 Å². The van der Waals surface area contributed by atoms with Crippen LogP contribution in [0, 0.1) is 11.6 Å². The van der Waals surface area contributed by atoms with Crippen LogP contribution in [0.15, 0.2) is 30.5 Å². The summed E-state index contributed by atoms with van der Waals surface area (Å²) >= 11 is 0. The number of nitrogens with zero attached hydrogens (tertiary/aromatic N) is 2. The number of halogens is 2. The highest BCUT2D eigenvalue weighted by Crippen LogP contribution is 2.18. The van der Waals surface area contributed by atoms with Crippen molar-refractivity contribution in [2.75, 3.05) is 12.4 Å². The molecule has 0 saturated heterocycles. The maximum absolute atomic E-state index is 13.0. The van der Waals surface area contributed by atoms with Gasteiger partial charge in [0.15, 0.2) is 17.5 Å². The Hall–Kier alpha value is -2.04. The quantitative estimate of drug-likeness (QED) is 0.846. The third-order valence-corrected chi connectivity index (χ3v) is 2.09. The fourth-order valence-electron chi connectivity index (χ4n) is 1.27. The van der Waals surface area contributed by atoms with Crippen LogP contribution in [0.4, 0.5) is 14.6 Å². The molecule has 0 aliphatic carbocycles. The second-order valence-electron chi connectivity index (χ2n) is 3.14. The van der Waals surface area contributed by atoms with Crippen LogP contribution in [-0.4, -0.2) is 17.0 Å². The summed E-state index contributed by atoms with van der Waals surface area (Å²) in [5.41, 5.74) is 0.441. The van der Waals surface area contributed by atoms with E-state index in [4.69, 9.17) is 0 Å². The molecule has 16 heavy (non-hydrogen) atoms. The van der Waals surface area contributed by atoms with E-state index in [2.05, 4.69) is 15.3 Å². The molecule has 0 spiro atoms. The van der Waals surface area contributed by atoms with Gasteiger partial charge in [0.05, 0.1) is 0 Å². The van der Waals surface area contributed by atoms with E-state index in [-0.39, 0.29) is 0 Å². The van der Waals surface area contributed by atoms with Crippen molar-refractivity contribution in [3.63, 3.8) is 0 Å². The molecule has 5 heteroatoms. The molecule has 0 unspecified atom stereocenters. The highest BCUT2D eigenvalue weighted by molar-refractivity contribution is 5.56. The molecule has 82 valence electrons. The van der Waals surface area contributed by atoms with Gasteiger partial charge in [-0.15, -0.1) is 0 Å². The molecule has 1 N–H and O–H groups in total. The van der Waals surface area contributed by atoms with Crippen molar-refractivity contribution in [3.8, 4) is 11.4 Å². The number of benzene rings is 1. The molecule has 1 aromatic heterocycles. The molecular formula is C11H9F2N3. The van der Waals surface area contributed by atoms with E-state index < -0.39 is 11.6 Å². The van der Waals surface area contributed by atoms with E-state index in [0.717, 1.165) is 12.1 Å². The summed E-state index contributed by atoms with van der Waals surface area (Å²) in [5.74, 6) is -0.815. The average Bonchev–Trinajstić information content (AvgIpc) is 2.33. The van der Waals surface area contributed by atoms with Crippen molar-refractivity contribution < 1.29 is 8.78 Å². The van der Waals surface area contributed by atoms with E-state index in [0.29, 0.717) is 17.2 Å². The summed E-state index contributed by atoms with van der Waals surface area (Å²) in [6.45, 7) is 0. The number of anilines is 1. The van der Waals surface area contributed by atoms with Crippen LogP contribution < -0.4 is 5.32 Å². The third-order valence-electron chi connectivity index (χ3n) is 2.09. The number of hydrogen-bond acceptors (Lipinski definition) is 3. The molecule has 0 aliphatic rings. The normalized spacial score (nSPS) is 10.2. The van der Waals surface area contributed by atoms with Crippen LogP contribution in [0.2, 0.25) is 0 Å². The van der Waals surface area contributed by atoms with E-state index in [1.54, 1.807) is 19.3 Å². The lowest BCUT2D eigenvalue weighted by Gasteiger charge is -2.03. The predicted octanol–water partition coefficient (Wildman–Crippen LogP) is 2.46. The Kier molecular flexibility index (Phi) is 2.76. The van der Waals surface area contributed by atoms with Crippen molar-refractivity contribution >= 4 is 5.82 Å². The maximum Gasteiger partial charge on any atom is 0.161 e. The molecule has 3 nitrogen and oxygen atoms in total. The van der Waals surface area contributed by atoms with Crippen molar-refractivity contribution in [1.29, 1.82) is 0 Å². The van der Waals surface area contributed by atoms with Gasteiger partial charge in [-0.2, -0.15) is 0 Å². The summed E-state index contributed by atoms with van der Waals surface area (Å²) < 4.78 is 25.7. The average molecular weight is 221 g/mol. The van der Waals surface area contributed by atoms with Crippen LogP contribution in [0.1, 0.15) is 0 Å². The Morgan fingerprint density at radius 1 is 1.12 bits per heavy atom. The minimum Gasteiger partial charge on any atom is -0.373 e. The molecule has 0 aliphatic heterocycles. The van der Waals surface area contributed by atoms with Gasteiger partial charge in [-0.05, 0) is 24.3 Å². The summed E-state index contributed by atoms with van der Waals surface area (Å²) in [6.07, 6.45) is 1.55. The first-order chi connectivity index (χ1) is 7.70. The van der Waals surface area contributed by atoms with E-state index in [1.807, 2.05) is 0 Å². The second-order valence-corrected chi connectivity index (χ2v) is 3.14. The zero-order valence-electron chi connectivity index (χ0n) is 8.54. The third kappa shape index (κ3) is 1.98. The van der Waals surface area contributed by atoms with Gasteiger partial charge in [0.25, 0.3) is 0 Å². The molecule has 0 amide bonds. The summed E-state index contributed by atoms with van der Waals surface area (Å²) in [7, 11) is 1.72. The minimum absolute atomic E-state index is 0.353. The summed E-state index contributed by atoms with van der Waals surface area (Å²) in [5, 5.41) is 2.84. The molecule has 0 fully saturated rings. The summed E-state index contributed by atoms with van der Waals surface area (Å²) in [6, 6.07) is 5.25. The lowest BCUT2D eigenvalue weighted by molar-refractivity contribution is 0.509. The second kappa shape index (κ2) is 4.22. The smallest absolute Gasteiger partial charge is 0.161 e. The van der Waals surface area contributed by atoms with Gasteiger partial charge in [0, 0.05) is 18.8 Å². The van der Waals surface area contributed by atoms with Gasteiger partial charge >= 0.3 is 0 Å². The molecule has 2 rings (SSSR count). The maximum atomic E-state index is 13.0. The minimum atomic E-state index is -0.907. The lowest BCUT2D eigenvalue weighted by atomic mass is 10.2. The van der Waals surface area contributed by atoms with Gasteiger partial charge in [-0.25, -0.2) is 18.7 Å². The molecule has 0 radical (unpaired) electrons. The van der Waals surface area contributed by atoms with Crippen molar-refractivity contribution in [3.05, 3.63) is 42.1 Å². The molecular weight excluding hydrogens is 212 g/mol. The largest absolute Gasteiger partial charge is 0.373 e. The number of hydrogen-bond donors (Lipinski definition) is 1. The highest BCUT2D eigenvalue weighted by Gasteiger charge is 2.06. The standard InChI is InChI=1S/C11H9F2N3/c1-14-10-4-5-15-11(16-10)7-2-3-8(12)9(13)6-7/h2-6H,1H3,(H,14,15,16). The zero-order chi connectivity index (χ0) is 11.5. The lowest BCUT2D eigenvalue weighted by Crippen LogP contribution is -1.96. The Balaban J connectivity index is 2.46. The van der Waals surface area contributed by atoms with Crippen LogP contribution in [-0.2, 0) is 0 Å². The molecule has 1 heterocycles. The molecule has 0 bridgehead atoms. The highest BCUT2D eigenvalue weighted by atomic mass is 19.2. The van der Waals surface area contributed by atoms with E-state index in [1.165, 1.54) is 6.07 Å². The first-order valence-corrected chi connectivity index (χ1v) is 4.67. The van der Waals surface area contributed by atoms with Gasteiger partial charge in [-0.1, -0.05) is 0 Å². The topological polar surface area (TPSA) is 37.8 Å². The molecule has 0 atom stereocenters. The van der Waals surface area contributed by atoms with Crippen LogP contribution >= 0.6 is 0 Å². The van der Waals surface area contributed by atoms with E-state index >= 15 is 0 Å². The fourth-order valence-corrected chi connectivity index (χ4v) is 1.27. The van der Waals surface area contributed by atoms with E-state index in [9.17, 15) is 8.78 Å². The van der Waals surface area contributed by atoms with Gasteiger partial charge in [0.1, 0.15) is 5.82 Å². The van der Waals surface area contributed by atoms with Crippen molar-refractivity contribution in [1.82, 2.24) is 9.97 Å². The van der Waals surface area contributed by atoms with Crippen LogP contribution in [0.25, 0.3) is 11.4 Å². The molecule has 0 saturated carbocycles. The number of nitrogens with one attached hydrogen (secondary N) is 1. The van der Waals surface area contributed by atoms with Gasteiger partial charge < -0.3 is 5.32 Å². The Morgan fingerprint density at radius 2 is 1.94 bits per heavy atom. The van der Waals surface area contributed by atoms with Gasteiger partial charge in [-0.3, -0.25) is 0 Å². The molecule has 2 aromatic rings.